The van der Waals surface area contributed by atoms with Crippen molar-refractivity contribution >= 4 is 24.1 Å². The highest BCUT2D eigenvalue weighted by atomic mass is 16.5. The van der Waals surface area contributed by atoms with Crippen LogP contribution in [0.15, 0.2) is 60.2 Å². The third kappa shape index (κ3) is 6.29. The molecule has 0 saturated heterocycles. The van der Waals surface area contributed by atoms with E-state index in [2.05, 4.69) is 0 Å². The number of hydrogen-bond acceptors (Lipinski definition) is 5. The maximum absolute atomic E-state index is 12.0. The van der Waals surface area contributed by atoms with Crippen molar-refractivity contribution in [2.45, 2.75) is 13.8 Å². The molecule has 0 spiro atoms. The van der Waals surface area contributed by atoms with Crippen LogP contribution in [0.2, 0.25) is 0 Å². The van der Waals surface area contributed by atoms with Crippen LogP contribution >= 0.6 is 0 Å². The molecule has 0 fully saturated rings. The van der Waals surface area contributed by atoms with E-state index in [1.54, 1.807) is 43.3 Å². The lowest BCUT2D eigenvalue weighted by Gasteiger charge is -2.03. The van der Waals surface area contributed by atoms with E-state index in [4.69, 9.17) is 14.7 Å². The molecule has 0 unspecified atom stereocenters. The topological polar surface area (TPSA) is 76.4 Å². The number of carbonyl (C=O) groups is 2. The smallest absolute Gasteiger partial charge is 0.348 e. The van der Waals surface area contributed by atoms with Crippen LogP contribution in [0.5, 0.6) is 5.75 Å². The summed E-state index contributed by atoms with van der Waals surface area (Å²) in [4.78, 5) is 23.7. The van der Waals surface area contributed by atoms with Crippen molar-refractivity contribution in [2.24, 2.45) is 0 Å². The van der Waals surface area contributed by atoms with Crippen molar-refractivity contribution in [3.05, 3.63) is 76.9 Å². The molecule has 2 aromatic rings. The fraction of sp³-hybridized carbons (Fsp3) is 0.136. The summed E-state index contributed by atoms with van der Waals surface area (Å²) in [6, 6.07) is 16.1. The number of carbonyl (C=O) groups excluding carboxylic acids is 2. The van der Waals surface area contributed by atoms with Crippen molar-refractivity contribution in [2.75, 3.05) is 6.61 Å². The number of aryl methyl sites for hydroxylation is 1. The molecule has 0 aliphatic rings. The van der Waals surface area contributed by atoms with E-state index in [-0.39, 0.29) is 12.2 Å². The molecule has 0 aliphatic carbocycles. The third-order valence-corrected chi connectivity index (χ3v) is 3.49. The molecule has 2 aromatic carbocycles. The zero-order valence-corrected chi connectivity index (χ0v) is 15.1. The molecule has 0 N–H and O–H groups in total. The highest BCUT2D eigenvalue weighted by Gasteiger charge is 2.10. The van der Waals surface area contributed by atoms with Gasteiger partial charge in [-0.25, -0.2) is 9.59 Å². The molecule has 0 amide bonds. The number of ether oxygens (including phenoxy) is 2. The van der Waals surface area contributed by atoms with Crippen molar-refractivity contribution < 1.29 is 19.1 Å². The average molecular weight is 361 g/mol. The van der Waals surface area contributed by atoms with Crippen LogP contribution < -0.4 is 4.74 Å². The van der Waals surface area contributed by atoms with Gasteiger partial charge in [-0.1, -0.05) is 42.0 Å². The zero-order chi connectivity index (χ0) is 19.6. The lowest BCUT2D eigenvalue weighted by molar-refractivity contribution is -0.138. The Kier molecular flexibility index (Phi) is 7.09. The SMILES string of the molecule is CCOC(=O)/C(C#N)=C/c1cccc(OC(=O)/C=C/c2ccc(C)cc2)c1. The van der Waals surface area contributed by atoms with Gasteiger partial charge in [0.25, 0.3) is 0 Å². The van der Waals surface area contributed by atoms with Crippen molar-refractivity contribution in [1.82, 2.24) is 0 Å². The van der Waals surface area contributed by atoms with Gasteiger partial charge in [-0.05, 0) is 49.3 Å². The van der Waals surface area contributed by atoms with Crippen LogP contribution in [0.3, 0.4) is 0 Å². The molecule has 0 heterocycles. The van der Waals surface area contributed by atoms with Crippen molar-refractivity contribution in [3.63, 3.8) is 0 Å². The van der Waals surface area contributed by atoms with E-state index in [9.17, 15) is 9.59 Å². The minimum absolute atomic E-state index is 0.125. The highest BCUT2D eigenvalue weighted by Crippen LogP contribution is 2.17. The fourth-order valence-electron chi connectivity index (χ4n) is 2.17. The second kappa shape index (κ2) is 9.73. The Morgan fingerprint density at radius 2 is 1.85 bits per heavy atom. The van der Waals surface area contributed by atoms with Crippen molar-refractivity contribution in [3.8, 4) is 11.8 Å². The predicted octanol–water partition coefficient (Wildman–Crippen LogP) is 4.08. The summed E-state index contributed by atoms with van der Waals surface area (Å²) in [5.41, 5.74) is 2.45. The molecule has 0 atom stereocenters. The van der Waals surface area contributed by atoms with Crippen LogP contribution in [0.4, 0.5) is 0 Å². The molecule has 0 saturated carbocycles. The first-order valence-corrected chi connectivity index (χ1v) is 8.37. The molecule has 0 aromatic heterocycles. The van der Waals surface area contributed by atoms with Crippen molar-refractivity contribution in [1.29, 1.82) is 5.26 Å². The second-order valence-electron chi connectivity index (χ2n) is 5.63. The van der Waals surface area contributed by atoms with Gasteiger partial charge in [0.1, 0.15) is 17.4 Å². The Morgan fingerprint density at radius 1 is 1.11 bits per heavy atom. The van der Waals surface area contributed by atoms with Crippen LogP contribution in [0, 0.1) is 18.3 Å². The third-order valence-electron chi connectivity index (χ3n) is 3.49. The number of benzene rings is 2. The predicted molar refractivity (Wildman–Crippen MR) is 103 cm³/mol. The number of hydrogen-bond donors (Lipinski definition) is 0. The molecule has 0 radical (unpaired) electrons. The Balaban J connectivity index is 2.08. The first-order chi connectivity index (χ1) is 13.0. The first kappa shape index (κ1) is 19.7. The van der Waals surface area contributed by atoms with Crippen LogP contribution in [0.25, 0.3) is 12.2 Å². The van der Waals surface area contributed by atoms with Gasteiger partial charge in [0.05, 0.1) is 6.61 Å². The molecule has 0 aliphatic heterocycles. The molecule has 27 heavy (non-hydrogen) atoms. The number of rotatable bonds is 6. The van der Waals surface area contributed by atoms with Gasteiger partial charge in [0, 0.05) is 6.08 Å². The van der Waals surface area contributed by atoms with Crippen LogP contribution in [0.1, 0.15) is 23.6 Å². The summed E-state index contributed by atoms with van der Waals surface area (Å²) >= 11 is 0. The summed E-state index contributed by atoms with van der Waals surface area (Å²) in [5, 5.41) is 9.08. The maximum atomic E-state index is 12.0. The summed E-state index contributed by atoms with van der Waals surface area (Å²) < 4.78 is 10.1. The highest BCUT2D eigenvalue weighted by molar-refractivity contribution is 5.98. The maximum Gasteiger partial charge on any atom is 0.348 e. The quantitative estimate of drug-likeness (QED) is 0.335. The van der Waals surface area contributed by atoms with E-state index in [0.717, 1.165) is 11.1 Å². The lowest BCUT2D eigenvalue weighted by atomic mass is 10.1. The Labute approximate surface area is 158 Å². The minimum Gasteiger partial charge on any atom is -0.462 e. The largest absolute Gasteiger partial charge is 0.462 e. The van der Waals surface area contributed by atoms with Gasteiger partial charge in [0.2, 0.25) is 0 Å². The van der Waals surface area contributed by atoms with Gasteiger partial charge in [-0.15, -0.1) is 0 Å². The Hall–Kier alpha value is -3.65. The van der Waals surface area contributed by atoms with E-state index in [1.165, 1.54) is 12.2 Å². The molecule has 5 nitrogen and oxygen atoms in total. The van der Waals surface area contributed by atoms with E-state index in [0.29, 0.717) is 11.3 Å². The number of nitrogens with zero attached hydrogens (tertiary/aromatic N) is 1. The average Bonchev–Trinajstić information content (AvgIpc) is 2.66. The molecule has 0 bridgehead atoms. The van der Waals surface area contributed by atoms with Gasteiger partial charge < -0.3 is 9.47 Å². The number of esters is 2. The fourth-order valence-corrected chi connectivity index (χ4v) is 2.17. The summed E-state index contributed by atoms with van der Waals surface area (Å²) in [5.74, 6) is -0.908. The molecule has 5 heteroatoms. The van der Waals surface area contributed by atoms with Gasteiger partial charge in [-0.3, -0.25) is 0 Å². The normalized spacial score (nSPS) is 11.1. The Morgan fingerprint density at radius 3 is 2.52 bits per heavy atom. The number of nitriles is 1. The molecular weight excluding hydrogens is 342 g/mol. The summed E-state index contributed by atoms with van der Waals surface area (Å²) in [7, 11) is 0. The molecular formula is C22H19NO4. The van der Waals surface area contributed by atoms with E-state index < -0.39 is 11.9 Å². The molecule has 136 valence electrons. The van der Waals surface area contributed by atoms with Gasteiger partial charge >= 0.3 is 11.9 Å². The monoisotopic (exact) mass is 361 g/mol. The second-order valence-corrected chi connectivity index (χ2v) is 5.63. The minimum atomic E-state index is -0.691. The van der Waals surface area contributed by atoms with Crippen LogP contribution in [-0.4, -0.2) is 18.5 Å². The standard InChI is InChI=1S/C22H19NO4/c1-3-26-22(25)19(15-23)13-18-5-4-6-20(14-18)27-21(24)12-11-17-9-7-16(2)8-10-17/h4-14H,3H2,1-2H3/b12-11+,19-13+. The van der Waals surface area contributed by atoms with E-state index >= 15 is 0 Å². The lowest BCUT2D eigenvalue weighted by Crippen LogP contribution is -2.06. The zero-order valence-electron chi connectivity index (χ0n) is 15.1. The first-order valence-electron chi connectivity index (χ1n) is 8.37. The summed E-state index contributed by atoms with van der Waals surface area (Å²) in [6.07, 6.45) is 4.39. The molecule has 2 rings (SSSR count). The Bertz CT molecular complexity index is 918. The van der Waals surface area contributed by atoms with Crippen LogP contribution in [-0.2, 0) is 14.3 Å². The summed E-state index contributed by atoms with van der Waals surface area (Å²) in [6.45, 7) is 3.84. The van der Waals surface area contributed by atoms with Gasteiger partial charge in [0.15, 0.2) is 0 Å². The van der Waals surface area contributed by atoms with E-state index in [1.807, 2.05) is 31.2 Å². The van der Waals surface area contributed by atoms with Gasteiger partial charge in [-0.2, -0.15) is 5.26 Å².